The standard InChI is InChI=1S/C27H38O2/c1-18(28)29-25-12-11-23-22-10-9-21-17-20(19-7-5-4-6-8-19)13-15-26(21,2)24(22)14-16-27(23,25)3/h4-8,20-25H,9-17H2,1-3H3/t20-,21+,22+,23-,24+,25+,26+,27+/m1/s1. The summed E-state index contributed by atoms with van der Waals surface area (Å²) in [4.78, 5) is 11.7. The molecule has 0 amide bonds. The molecule has 1 aromatic carbocycles. The first-order valence-corrected chi connectivity index (χ1v) is 12.1. The molecule has 0 bridgehead atoms. The number of fused-ring (bicyclic) bond motifs is 5. The van der Waals surface area contributed by atoms with Gasteiger partial charge in [0.15, 0.2) is 0 Å². The molecular weight excluding hydrogens is 356 g/mol. The van der Waals surface area contributed by atoms with Crippen molar-refractivity contribution in [2.45, 2.75) is 90.6 Å². The van der Waals surface area contributed by atoms with Gasteiger partial charge in [-0.25, -0.2) is 0 Å². The molecule has 158 valence electrons. The maximum Gasteiger partial charge on any atom is 0.302 e. The Kier molecular flexibility index (Phi) is 4.83. The summed E-state index contributed by atoms with van der Waals surface area (Å²) in [6.45, 7) is 6.67. The molecule has 1 aromatic rings. The van der Waals surface area contributed by atoms with E-state index in [0.717, 1.165) is 36.0 Å². The third-order valence-electron chi connectivity index (χ3n) is 10.2. The summed E-state index contributed by atoms with van der Waals surface area (Å²) in [5, 5.41) is 0. The SMILES string of the molecule is CC(=O)O[C@H]1CC[C@@H]2[C@@H]3CC[C@H]4C[C@H](c5ccccc5)CC[C@]4(C)[C@H]3CC[C@]12C. The molecule has 4 aliphatic carbocycles. The average Bonchev–Trinajstić information content (AvgIpc) is 3.04. The summed E-state index contributed by atoms with van der Waals surface area (Å²) in [5.41, 5.74) is 2.31. The number of carbonyl (C=O) groups excluding carboxylic acids is 1. The van der Waals surface area contributed by atoms with Crippen molar-refractivity contribution in [3.05, 3.63) is 35.9 Å². The largest absolute Gasteiger partial charge is 0.462 e. The Bertz CT molecular complexity index is 757. The quantitative estimate of drug-likeness (QED) is 0.519. The summed E-state index contributed by atoms with van der Waals surface area (Å²) in [7, 11) is 0. The van der Waals surface area contributed by atoms with Crippen molar-refractivity contribution in [3.63, 3.8) is 0 Å². The number of ether oxygens (including phenoxy) is 1. The van der Waals surface area contributed by atoms with Gasteiger partial charge >= 0.3 is 5.97 Å². The molecule has 2 heteroatoms. The fourth-order valence-corrected chi connectivity index (χ4v) is 8.63. The molecule has 4 aliphatic rings. The Morgan fingerprint density at radius 1 is 0.897 bits per heavy atom. The number of esters is 1. The van der Waals surface area contributed by atoms with Gasteiger partial charge in [-0.15, -0.1) is 0 Å². The van der Waals surface area contributed by atoms with Crippen molar-refractivity contribution < 1.29 is 9.53 Å². The van der Waals surface area contributed by atoms with Gasteiger partial charge in [-0.2, -0.15) is 0 Å². The van der Waals surface area contributed by atoms with Gasteiger partial charge in [0.1, 0.15) is 6.10 Å². The van der Waals surface area contributed by atoms with Crippen LogP contribution in [-0.2, 0) is 9.53 Å². The summed E-state index contributed by atoms with van der Waals surface area (Å²) < 4.78 is 5.82. The lowest BCUT2D eigenvalue weighted by molar-refractivity contribution is -0.161. The van der Waals surface area contributed by atoms with E-state index in [9.17, 15) is 4.79 Å². The minimum atomic E-state index is -0.0890. The van der Waals surface area contributed by atoms with E-state index in [0.29, 0.717) is 5.41 Å². The molecule has 29 heavy (non-hydrogen) atoms. The van der Waals surface area contributed by atoms with Crippen LogP contribution in [0.5, 0.6) is 0 Å². The molecule has 4 saturated carbocycles. The van der Waals surface area contributed by atoms with Crippen LogP contribution in [0.1, 0.15) is 90.0 Å². The lowest BCUT2D eigenvalue weighted by Gasteiger charge is -2.61. The van der Waals surface area contributed by atoms with Crippen molar-refractivity contribution in [3.8, 4) is 0 Å². The zero-order valence-corrected chi connectivity index (χ0v) is 18.5. The van der Waals surface area contributed by atoms with Crippen LogP contribution in [0, 0.1) is 34.5 Å². The second kappa shape index (κ2) is 7.13. The van der Waals surface area contributed by atoms with Crippen molar-refractivity contribution >= 4 is 5.97 Å². The van der Waals surface area contributed by atoms with Crippen LogP contribution >= 0.6 is 0 Å². The zero-order chi connectivity index (χ0) is 20.2. The Balaban J connectivity index is 1.35. The van der Waals surface area contributed by atoms with Gasteiger partial charge in [-0.05, 0) is 98.4 Å². The van der Waals surface area contributed by atoms with Crippen LogP contribution in [0.4, 0.5) is 0 Å². The second-order valence-electron chi connectivity index (χ2n) is 11.3. The molecule has 0 spiro atoms. The summed E-state index contributed by atoms with van der Waals surface area (Å²) in [6, 6.07) is 11.3. The molecule has 0 N–H and O–H groups in total. The van der Waals surface area contributed by atoms with Crippen LogP contribution in [0.2, 0.25) is 0 Å². The van der Waals surface area contributed by atoms with Gasteiger partial charge < -0.3 is 4.74 Å². The number of benzene rings is 1. The highest BCUT2D eigenvalue weighted by atomic mass is 16.5. The molecule has 0 aliphatic heterocycles. The van der Waals surface area contributed by atoms with E-state index in [-0.39, 0.29) is 17.5 Å². The highest BCUT2D eigenvalue weighted by Gasteiger charge is 2.61. The van der Waals surface area contributed by atoms with Gasteiger partial charge in [-0.3, -0.25) is 4.79 Å². The number of hydrogen-bond donors (Lipinski definition) is 0. The van der Waals surface area contributed by atoms with Crippen LogP contribution in [-0.4, -0.2) is 12.1 Å². The van der Waals surface area contributed by atoms with Gasteiger partial charge in [-0.1, -0.05) is 44.2 Å². The Morgan fingerprint density at radius 3 is 2.38 bits per heavy atom. The Hall–Kier alpha value is -1.31. The predicted molar refractivity (Wildman–Crippen MR) is 116 cm³/mol. The first-order valence-electron chi connectivity index (χ1n) is 12.1. The molecule has 2 nitrogen and oxygen atoms in total. The summed E-state index contributed by atoms with van der Waals surface area (Å²) in [6.07, 6.45) is 12.1. The second-order valence-corrected chi connectivity index (χ2v) is 11.3. The fraction of sp³-hybridized carbons (Fsp3) is 0.741. The van der Waals surface area contributed by atoms with Crippen molar-refractivity contribution in [1.29, 1.82) is 0 Å². The van der Waals surface area contributed by atoms with Crippen molar-refractivity contribution in [2.75, 3.05) is 0 Å². The average molecular weight is 395 g/mol. The number of carbonyl (C=O) groups is 1. The molecule has 0 unspecified atom stereocenters. The van der Waals surface area contributed by atoms with E-state index in [2.05, 4.69) is 44.2 Å². The van der Waals surface area contributed by atoms with Gasteiger partial charge in [0.2, 0.25) is 0 Å². The Labute approximate surface area is 176 Å². The van der Waals surface area contributed by atoms with E-state index in [4.69, 9.17) is 4.74 Å². The maximum absolute atomic E-state index is 11.7. The maximum atomic E-state index is 11.7. The van der Waals surface area contributed by atoms with Crippen LogP contribution in [0.15, 0.2) is 30.3 Å². The highest BCUT2D eigenvalue weighted by molar-refractivity contribution is 5.66. The van der Waals surface area contributed by atoms with E-state index in [1.807, 2.05) is 0 Å². The molecule has 0 saturated heterocycles. The number of hydrogen-bond acceptors (Lipinski definition) is 2. The molecule has 5 rings (SSSR count). The fourth-order valence-electron chi connectivity index (χ4n) is 8.63. The zero-order valence-electron chi connectivity index (χ0n) is 18.5. The molecule has 4 fully saturated rings. The smallest absolute Gasteiger partial charge is 0.302 e. The van der Waals surface area contributed by atoms with E-state index >= 15 is 0 Å². The first-order chi connectivity index (χ1) is 13.9. The molecule has 0 radical (unpaired) electrons. The van der Waals surface area contributed by atoms with E-state index in [1.165, 1.54) is 51.4 Å². The van der Waals surface area contributed by atoms with Crippen LogP contribution < -0.4 is 0 Å². The predicted octanol–water partition coefficient (Wildman–Crippen LogP) is 6.74. The molecule has 8 atom stereocenters. The molecule has 0 aromatic heterocycles. The lowest BCUT2D eigenvalue weighted by Crippen LogP contribution is -2.54. The third kappa shape index (κ3) is 3.08. The van der Waals surface area contributed by atoms with Crippen LogP contribution in [0.25, 0.3) is 0 Å². The van der Waals surface area contributed by atoms with Crippen LogP contribution in [0.3, 0.4) is 0 Å². The van der Waals surface area contributed by atoms with Crippen molar-refractivity contribution in [2.24, 2.45) is 34.5 Å². The first kappa shape index (κ1) is 19.6. The highest BCUT2D eigenvalue weighted by Crippen LogP contribution is 2.67. The summed E-state index contributed by atoms with van der Waals surface area (Å²) >= 11 is 0. The lowest BCUT2D eigenvalue weighted by atomic mass is 9.44. The Morgan fingerprint density at radius 2 is 1.62 bits per heavy atom. The normalized spacial score (nSPS) is 46.3. The molecule has 0 heterocycles. The topological polar surface area (TPSA) is 26.3 Å². The summed E-state index contributed by atoms with van der Waals surface area (Å²) in [5.74, 6) is 4.05. The van der Waals surface area contributed by atoms with Gasteiger partial charge in [0.25, 0.3) is 0 Å². The van der Waals surface area contributed by atoms with E-state index < -0.39 is 0 Å². The third-order valence-corrected chi connectivity index (χ3v) is 10.2. The minimum Gasteiger partial charge on any atom is -0.462 e. The number of rotatable bonds is 2. The van der Waals surface area contributed by atoms with Gasteiger partial charge in [0, 0.05) is 12.3 Å². The van der Waals surface area contributed by atoms with Crippen molar-refractivity contribution in [1.82, 2.24) is 0 Å². The molecular formula is C27H38O2. The van der Waals surface area contributed by atoms with Gasteiger partial charge in [0.05, 0.1) is 0 Å². The monoisotopic (exact) mass is 394 g/mol. The van der Waals surface area contributed by atoms with E-state index in [1.54, 1.807) is 12.5 Å². The minimum absolute atomic E-state index is 0.0890.